The zero-order valence-corrected chi connectivity index (χ0v) is 17.8. The third-order valence-electron chi connectivity index (χ3n) is 4.54. The fourth-order valence-corrected chi connectivity index (χ4v) is 3.88. The van der Waals surface area contributed by atoms with E-state index in [1.807, 2.05) is 47.0 Å². The molecule has 0 radical (unpaired) electrons. The number of nitrogens with one attached hydrogen (secondary N) is 1. The molecule has 1 N–H and O–H groups in total. The van der Waals surface area contributed by atoms with Crippen molar-refractivity contribution >= 4 is 23.4 Å². The van der Waals surface area contributed by atoms with E-state index in [9.17, 15) is 4.79 Å². The maximum atomic E-state index is 12.4. The smallest absolute Gasteiger partial charge is 0.234 e. The van der Waals surface area contributed by atoms with Crippen molar-refractivity contribution in [3.63, 3.8) is 0 Å². The quantitative estimate of drug-likeness (QED) is 0.424. The van der Waals surface area contributed by atoms with E-state index in [1.54, 1.807) is 19.3 Å². The Morgan fingerprint density at radius 3 is 2.94 bits per heavy atom. The van der Waals surface area contributed by atoms with Crippen LogP contribution >= 0.6 is 11.8 Å². The van der Waals surface area contributed by atoms with Gasteiger partial charge in [-0.2, -0.15) is 0 Å². The minimum Gasteiger partial charge on any atom is -0.497 e. The molecular weight excluding hydrogens is 416 g/mol. The highest BCUT2D eigenvalue weighted by Crippen LogP contribution is 2.36. The van der Waals surface area contributed by atoms with Crippen LogP contribution in [0.3, 0.4) is 0 Å². The van der Waals surface area contributed by atoms with E-state index >= 15 is 0 Å². The Hall–Kier alpha value is -3.46. The molecule has 8 nitrogen and oxygen atoms in total. The second-order valence-electron chi connectivity index (χ2n) is 6.67. The Kier molecular flexibility index (Phi) is 6.42. The monoisotopic (exact) mass is 438 g/mol. The standard InChI is InChI=1S/C22H22N4O4S/c1-3-11-26-21(19-13-29-17-9-4-5-10-18(17)30-19)24-25-22(26)31-14-20(27)23-15-7-6-8-16(12-15)28-2/h3-10,12,19H,1,11,13-14H2,2H3,(H,23,27). The van der Waals surface area contributed by atoms with E-state index in [-0.39, 0.29) is 11.7 Å². The van der Waals surface area contributed by atoms with Gasteiger partial charge in [0.1, 0.15) is 12.4 Å². The fraction of sp³-hybridized carbons (Fsp3) is 0.227. The number of aromatic nitrogens is 3. The van der Waals surface area contributed by atoms with Crippen molar-refractivity contribution in [3.8, 4) is 17.2 Å². The van der Waals surface area contributed by atoms with E-state index in [4.69, 9.17) is 14.2 Å². The van der Waals surface area contributed by atoms with E-state index in [1.165, 1.54) is 11.8 Å². The number of allylic oxidation sites excluding steroid dienone is 1. The molecule has 1 aliphatic heterocycles. The van der Waals surface area contributed by atoms with Gasteiger partial charge in [0, 0.05) is 18.3 Å². The zero-order valence-electron chi connectivity index (χ0n) is 17.0. The number of anilines is 1. The van der Waals surface area contributed by atoms with Crippen molar-refractivity contribution < 1.29 is 19.0 Å². The molecule has 0 fully saturated rings. The maximum absolute atomic E-state index is 12.4. The molecule has 3 aromatic rings. The SMILES string of the molecule is C=CCn1c(SCC(=O)Nc2cccc(OC)c2)nnc1C1COc2ccccc2O1. The van der Waals surface area contributed by atoms with Crippen LogP contribution in [-0.2, 0) is 11.3 Å². The van der Waals surface area contributed by atoms with Crippen LogP contribution in [0.4, 0.5) is 5.69 Å². The van der Waals surface area contributed by atoms with Crippen LogP contribution in [0.1, 0.15) is 11.9 Å². The number of carbonyl (C=O) groups excluding carboxylic acids is 1. The zero-order chi connectivity index (χ0) is 21.6. The van der Waals surface area contributed by atoms with Crippen LogP contribution in [0.5, 0.6) is 17.2 Å². The number of amides is 1. The van der Waals surface area contributed by atoms with Crippen molar-refractivity contribution in [1.82, 2.24) is 14.8 Å². The lowest BCUT2D eigenvalue weighted by Gasteiger charge is -2.26. The number of hydrogen-bond donors (Lipinski definition) is 1. The van der Waals surface area contributed by atoms with Crippen molar-refractivity contribution in [1.29, 1.82) is 0 Å². The van der Waals surface area contributed by atoms with Gasteiger partial charge in [0.15, 0.2) is 28.6 Å². The highest BCUT2D eigenvalue weighted by atomic mass is 32.2. The number of thioether (sulfide) groups is 1. The van der Waals surface area contributed by atoms with Gasteiger partial charge >= 0.3 is 0 Å². The highest BCUT2D eigenvalue weighted by molar-refractivity contribution is 7.99. The number of ether oxygens (including phenoxy) is 3. The van der Waals surface area contributed by atoms with Crippen molar-refractivity contribution in [2.24, 2.45) is 0 Å². The minimum absolute atomic E-state index is 0.154. The fourth-order valence-electron chi connectivity index (χ4n) is 3.12. The van der Waals surface area contributed by atoms with Gasteiger partial charge in [-0.1, -0.05) is 36.0 Å². The summed E-state index contributed by atoms with van der Waals surface area (Å²) >= 11 is 1.30. The van der Waals surface area contributed by atoms with E-state index < -0.39 is 6.10 Å². The molecule has 1 aliphatic rings. The molecule has 4 rings (SSSR count). The third-order valence-corrected chi connectivity index (χ3v) is 5.51. The lowest BCUT2D eigenvalue weighted by Crippen LogP contribution is -2.25. The molecule has 2 heterocycles. The Morgan fingerprint density at radius 1 is 1.29 bits per heavy atom. The van der Waals surface area contributed by atoms with Gasteiger partial charge in [-0.25, -0.2) is 0 Å². The molecule has 0 bridgehead atoms. The normalized spacial score (nSPS) is 14.7. The largest absolute Gasteiger partial charge is 0.497 e. The van der Waals surface area contributed by atoms with Crippen LogP contribution < -0.4 is 19.5 Å². The first kappa shape index (κ1) is 20.8. The number of fused-ring (bicyclic) bond motifs is 1. The molecule has 9 heteroatoms. The molecule has 0 aliphatic carbocycles. The summed E-state index contributed by atoms with van der Waals surface area (Å²) in [4.78, 5) is 12.4. The van der Waals surface area contributed by atoms with Gasteiger partial charge in [-0.15, -0.1) is 16.8 Å². The number of carbonyl (C=O) groups is 1. The molecule has 1 unspecified atom stereocenters. The van der Waals surface area contributed by atoms with E-state index in [2.05, 4.69) is 22.1 Å². The second-order valence-corrected chi connectivity index (χ2v) is 7.62. The molecule has 0 spiro atoms. The summed E-state index contributed by atoms with van der Waals surface area (Å²) in [6.45, 7) is 4.63. The predicted molar refractivity (Wildman–Crippen MR) is 118 cm³/mol. The van der Waals surface area contributed by atoms with E-state index in [0.29, 0.717) is 47.1 Å². The maximum Gasteiger partial charge on any atom is 0.234 e. The summed E-state index contributed by atoms with van der Waals surface area (Å²) < 4.78 is 18.9. The van der Waals surface area contributed by atoms with Crippen LogP contribution in [0.2, 0.25) is 0 Å². The van der Waals surface area contributed by atoms with Crippen molar-refractivity contribution in [3.05, 3.63) is 67.0 Å². The number of benzene rings is 2. The number of rotatable bonds is 8. The number of para-hydroxylation sites is 2. The Bertz CT molecular complexity index is 1080. The van der Waals surface area contributed by atoms with Gasteiger partial charge in [0.05, 0.1) is 12.9 Å². The molecule has 1 amide bonds. The first-order valence-corrected chi connectivity index (χ1v) is 10.7. The van der Waals surface area contributed by atoms with Crippen LogP contribution in [0.25, 0.3) is 0 Å². The minimum atomic E-state index is -0.401. The second kappa shape index (κ2) is 9.57. The van der Waals surface area contributed by atoms with Crippen LogP contribution in [0, 0.1) is 0 Å². The van der Waals surface area contributed by atoms with Crippen LogP contribution in [0.15, 0.2) is 66.3 Å². The van der Waals surface area contributed by atoms with Gasteiger partial charge < -0.3 is 19.5 Å². The van der Waals surface area contributed by atoms with Gasteiger partial charge in [-0.3, -0.25) is 9.36 Å². The average Bonchev–Trinajstić information content (AvgIpc) is 3.20. The summed E-state index contributed by atoms with van der Waals surface area (Å²) in [6, 6.07) is 14.7. The molecule has 31 heavy (non-hydrogen) atoms. The highest BCUT2D eigenvalue weighted by Gasteiger charge is 2.28. The van der Waals surface area contributed by atoms with Gasteiger partial charge in [0.25, 0.3) is 0 Å². The summed E-state index contributed by atoms with van der Waals surface area (Å²) in [6.07, 6.45) is 1.35. The summed E-state index contributed by atoms with van der Waals surface area (Å²) in [5.41, 5.74) is 0.671. The molecule has 2 aromatic carbocycles. The van der Waals surface area contributed by atoms with Crippen molar-refractivity contribution in [2.45, 2.75) is 17.8 Å². The molecule has 0 saturated heterocycles. The summed E-state index contributed by atoms with van der Waals surface area (Å²) in [7, 11) is 1.58. The number of nitrogens with zero attached hydrogens (tertiary/aromatic N) is 3. The molecule has 1 aromatic heterocycles. The lowest BCUT2D eigenvalue weighted by atomic mass is 10.2. The molecule has 0 saturated carbocycles. The third kappa shape index (κ3) is 4.83. The van der Waals surface area contributed by atoms with Gasteiger partial charge in [0.2, 0.25) is 5.91 Å². The summed E-state index contributed by atoms with van der Waals surface area (Å²) in [5.74, 6) is 2.70. The Morgan fingerprint density at radius 2 is 2.13 bits per heavy atom. The lowest BCUT2D eigenvalue weighted by molar-refractivity contribution is -0.113. The Balaban J connectivity index is 1.44. The molecule has 160 valence electrons. The average molecular weight is 439 g/mol. The van der Waals surface area contributed by atoms with Gasteiger partial charge in [-0.05, 0) is 24.3 Å². The first-order chi connectivity index (χ1) is 15.2. The molecular formula is C22H22N4O4S. The molecule has 1 atom stereocenters. The number of methoxy groups -OCH3 is 1. The topological polar surface area (TPSA) is 87.5 Å². The number of hydrogen-bond acceptors (Lipinski definition) is 7. The first-order valence-electron chi connectivity index (χ1n) is 9.67. The van der Waals surface area contributed by atoms with Crippen LogP contribution in [-0.4, -0.2) is 40.1 Å². The summed E-state index contributed by atoms with van der Waals surface area (Å²) in [5, 5.41) is 12.0. The Labute approximate surface area is 184 Å². The van der Waals surface area contributed by atoms with E-state index in [0.717, 1.165) is 0 Å². The predicted octanol–water partition coefficient (Wildman–Crippen LogP) is 3.72. The van der Waals surface area contributed by atoms with Crippen molar-refractivity contribution in [2.75, 3.05) is 24.8 Å².